The van der Waals surface area contributed by atoms with E-state index in [1.165, 1.54) is 58.3 Å². The summed E-state index contributed by atoms with van der Waals surface area (Å²) in [6.45, 7) is 4.12. The highest BCUT2D eigenvalue weighted by atomic mass is 35.5. The number of imidazole rings is 1. The molecule has 0 saturated carbocycles. The molecule has 1 fully saturated rings. The third-order valence-corrected chi connectivity index (χ3v) is 8.28. The number of nitrogens with one attached hydrogen (secondary N) is 2. The van der Waals surface area contributed by atoms with Gasteiger partial charge < -0.3 is 15.0 Å². The van der Waals surface area contributed by atoms with Gasteiger partial charge >= 0.3 is 0 Å². The van der Waals surface area contributed by atoms with Gasteiger partial charge in [-0.2, -0.15) is 0 Å². The summed E-state index contributed by atoms with van der Waals surface area (Å²) < 4.78 is 7.28. The fourth-order valence-corrected chi connectivity index (χ4v) is 6.23. The summed E-state index contributed by atoms with van der Waals surface area (Å²) in [7, 11) is 0. The van der Waals surface area contributed by atoms with Crippen molar-refractivity contribution in [1.82, 2.24) is 14.9 Å². The van der Waals surface area contributed by atoms with Gasteiger partial charge in [0.25, 0.3) is 5.91 Å². The van der Waals surface area contributed by atoms with E-state index in [9.17, 15) is 4.79 Å². The molecule has 0 radical (unpaired) electrons. The van der Waals surface area contributed by atoms with Crippen molar-refractivity contribution in [1.29, 1.82) is 0 Å². The van der Waals surface area contributed by atoms with Crippen LogP contribution in [0.15, 0.2) is 85.3 Å². The molecule has 5 aromatic rings. The number of thiophene rings is 1. The van der Waals surface area contributed by atoms with Gasteiger partial charge in [0.1, 0.15) is 18.1 Å². The summed E-state index contributed by atoms with van der Waals surface area (Å²) in [4.78, 5) is 22.9. The number of H-pyrrole nitrogens is 1. The number of fused-ring (bicyclic) bond motifs is 1. The van der Waals surface area contributed by atoms with Crippen molar-refractivity contribution >= 4 is 57.8 Å². The van der Waals surface area contributed by atoms with Crippen LogP contribution in [0.25, 0.3) is 20.5 Å². The van der Waals surface area contributed by atoms with Gasteiger partial charge in [0.2, 0.25) is 0 Å². The van der Waals surface area contributed by atoms with Crippen LogP contribution in [0.3, 0.4) is 0 Å². The van der Waals surface area contributed by atoms with E-state index in [2.05, 4.69) is 80.8 Å². The van der Waals surface area contributed by atoms with Gasteiger partial charge in [-0.25, -0.2) is 4.98 Å². The van der Waals surface area contributed by atoms with E-state index in [1.54, 1.807) is 6.20 Å². The fraction of sp³-hybridized carbons (Fsp3) is 0.226. The lowest BCUT2D eigenvalue weighted by molar-refractivity contribution is 0.102. The molecule has 0 bridgehead atoms. The SMILES string of the molecule is Cl.Cl.O=C(Nc1ccc(-c2sc3ccccc3c2Cc2ccc(OCCN3CCCC3)cc2)cc1)c1c[nH]cn1. The number of carbonyl (C=O) groups is 1. The number of nitrogens with zero attached hydrogens (tertiary/aromatic N) is 2. The molecule has 0 spiro atoms. The normalized spacial score (nSPS) is 13.0. The Kier molecular flexibility index (Phi) is 10.2. The number of hydrogen-bond donors (Lipinski definition) is 2. The molecule has 0 unspecified atom stereocenters. The molecule has 208 valence electrons. The predicted octanol–water partition coefficient (Wildman–Crippen LogP) is 7.45. The van der Waals surface area contributed by atoms with E-state index in [0.29, 0.717) is 5.69 Å². The van der Waals surface area contributed by atoms with Gasteiger partial charge in [0.15, 0.2) is 0 Å². The number of carbonyl (C=O) groups excluding carboxylic acids is 1. The fourth-order valence-electron chi connectivity index (χ4n) is 5.00. The summed E-state index contributed by atoms with van der Waals surface area (Å²) >= 11 is 1.81. The molecule has 2 N–H and O–H groups in total. The van der Waals surface area contributed by atoms with Crippen molar-refractivity contribution in [3.63, 3.8) is 0 Å². The summed E-state index contributed by atoms with van der Waals surface area (Å²) in [5.74, 6) is 0.695. The Hall–Kier alpha value is -3.36. The van der Waals surface area contributed by atoms with Crippen LogP contribution >= 0.6 is 36.2 Å². The Morgan fingerprint density at radius 1 is 0.975 bits per heavy atom. The van der Waals surface area contributed by atoms with Crippen LogP contribution in [0.4, 0.5) is 5.69 Å². The highest BCUT2D eigenvalue weighted by molar-refractivity contribution is 7.22. The molecule has 1 amide bonds. The van der Waals surface area contributed by atoms with Crippen molar-refractivity contribution in [3.8, 4) is 16.2 Å². The second kappa shape index (κ2) is 13.8. The van der Waals surface area contributed by atoms with Gasteiger partial charge in [-0.3, -0.25) is 9.69 Å². The predicted molar refractivity (Wildman–Crippen MR) is 169 cm³/mol. The summed E-state index contributed by atoms with van der Waals surface area (Å²) in [6.07, 6.45) is 6.53. The van der Waals surface area contributed by atoms with Crippen LogP contribution < -0.4 is 10.1 Å². The zero-order valence-electron chi connectivity index (χ0n) is 22.0. The van der Waals surface area contributed by atoms with Crippen molar-refractivity contribution in [2.75, 3.05) is 31.6 Å². The minimum Gasteiger partial charge on any atom is -0.492 e. The molecule has 1 saturated heterocycles. The van der Waals surface area contributed by atoms with Crippen molar-refractivity contribution in [2.24, 2.45) is 0 Å². The maximum atomic E-state index is 12.3. The molecule has 0 aliphatic carbocycles. The number of ether oxygens (including phenoxy) is 1. The topological polar surface area (TPSA) is 70.2 Å². The van der Waals surface area contributed by atoms with E-state index in [4.69, 9.17) is 4.74 Å². The summed E-state index contributed by atoms with van der Waals surface area (Å²) in [5.41, 5.74) is 4.82. The summed E-state index contributed by atoms with van der Waals surface area (Å²) in [6, 6.07) is 25.2. The van der Waals surface area contributed by atoms with E-state index < -0.39 is 0 Å². The van der Waals surface area contributed by atoms with Crippen molar-refractivity contribution in [3.05, 3.63) is 102 Å². The Morgan fingerprint density at radius 3 is 2.45 bits per heavy atom. The quantitative estimate of drug-likeness (QED) is 0.186. The minimum atomic E-state index is -0.231. The number of rotatable bonds is 9. The van der Waals surface area contributed by atoms with E-state index in [1.807, 2.05) is 23.5 Å². The number of aromatic nitrogens is 2. The zero-order chi connectivity index (χ0) is 25.7. The van der Waals surface area contributed by atoms with Gasteiger partial charge in [0.05, 0.1) is 6.33 Å². The lowest BCUT2D eigenvalue weighted by Crippen LogP contribution is -2.25. The molecular formula is C31H32Cl2N4O2S. The van der Waals surface area contributed by atoms with Crippen molar-refractivity contribution < 1.29 is 9.53 Å². The first-order chi connectivity index (χ1) is 18.7. The number of likely N-dealkylation sites (tertiary alicyclic amines) is 1. The van der Waals surface area contributed by atoms with Crippen LogP contribution in [0.5, 0.6) is 5.75 Å². The number of aromatic amines is 1. The highest BCUT2D eigenvalue weighted by Gasteiger charge is 2.15. The Morgan fingerprint density at radius 2 is 1.73 bits per heavy atom. The second-order valence-corrected chi connectivity index (χ2v) is 10.7. The Labute approximate surface area is 250 Å². The molecule has 2 aromatic heterocycles. The minimum absolute atomic E-state index is 0. The number of anilines is 1. The van der Waals surface area contributed by atoms with Crippen molar-refractivity contribution in [2.45, 2.75) is 19.3 Å². The molecule has 40 heavy (non-hydrogen) atoms. The van der Waals surface area contributed by atoms with Crippen LogP contribution in [-0.4, -0.2) is 47.0 Å². The monoisotopic (exact) mass is 594 g/mol. The first-order valence-electron chi connectivity index (χ1n) is 13.1. The summed E-state index contributed by atoms with van der Waals surface area (Å²) in [5, 5.41) is 4.19. The molecule has 1 aliphatic rings. The number of halogens is 2. The molecule has 3 heterocycles. The number of amides is 1. The Bertz CT molecular complexity index is 1510. The lowest BCUT2D eigenvalue weighted by atomic mass is 9.99. The maximum absolute atomic E-state index is 12.3. The molecule has 1 aliphatic heterocycles. The lowest BCUT2D eigenvalue weighted by Gasteiger charge is -2.15. The van der Waals surface area contributed by atoms with E-state index >= 15 is 0 Å². The van der Waals surface area contributed by atoms with Gasteiger partial charge in [-0.15, -0.1) is 36.2 Å². The average Bonchev–Trinajstić information content (AvgIpc) is 3.73. The number of benzene rings is 3. The third-order valence-electron chi connectivity index (χ3n) is 7.01. The maximum Gasteiger partial charge on any atom is 0.275 e. The van der Waals surface area contributed by atoms with Crippen LogP contribution in [-0.2, 0) is 6.42 Å². The third kappa shape index (κ3) is 6.85. The number of hydrogen-bond acceptors (Lipinski definition) is 5. The smallest absolute Gasteiger partial charge is 0.275 e. The van der Waals surface area contributed by atoms with Crippen LogP contribution in [0, 0.1) is 0 Å². The van der Waals surface area contributed by atoms with Gasteiger partial charge in [0, 0.05) is 28.0 Å². The highest BCUT2D eigenvalue weighted by Crippen LogP contribution is 2.40. The van der Waals surface area contributed by atoms with E-state index in [0.717, 1.165) is 36.6 Å². The first-order valence-corrected chi connectivity index (χ1v) is 13.9. The largest absolute Gasteiger partial charge is 0.492 e. The second-order valence-electron chi connectivity index (χ2n) is 9.61. The average molecular weight is 596 g/mol. The zero-order valence-corrected chi connectivity index (χ0v) is 24.4. The molecule has 0 atom stereocenters. The van der Waals surface area contributed by atoms with E-state index in [-0.39, 0.29) is 30.7 Å². The standard InChI is InChI=1S/C31H30N4O2S.2ClH/c36-31(28-20-32-21-33-28)34-24-11-9-23(10-12-24)30-27(26-5-1-2-6-29(26)38-30)19-22-7-13-25(14-8-22)37-18-17-35-15-3-4-16-35;;/h1-2,5-14,20-21H,3-4,15-19H2,(H,32,33)(H,34,36);2*1H. The van der Waals surface area contributed by atoms with Gasteiger partial charge in [-0.1, -0.05) is 42.5 Å². The molecule has 6 nitrogen and oxygen atoms in total. The van der Waals surface area contributed by atoms with Crippen LogP contribution in [0.2, 0.25) is 0 Å². The Balaban J connectivity index is 0.00000185. The molecule has 6 rings (SSSR count). The first kappa shape index (κ1) is 29.6. The molecular weight excluding hydrogens is 563 g/mol. The molecule has 9 heteroatoms. The van der Waals surface area contributed by atoms with Gasteiger partial charge in [-0.05, 0) is 84.8 Å². The molecule has 3 aromatic carbocycles. The van der Waals surface area contributed by atoms with Crippen LogP contribution in [0.1, 0.15) is 34.5 Å².